The van der Waals surface area contributed by atoms with Crippen molar-refractivity contribution in [2.24, 2.45) is 4.99 Å². The first-order valence-corrected chi connectivity index (χ1v) is 5.25. The van der Waals surface area contributed by atoms with Crippen molar-refractivity contribution in [1.29, 1.82) is 0 Å². The van der Waals surface area contributed by atoms with E-state index in [9.17, 15) is 0 Å². The third-order valence-corrected chi connectivity index (χ3v) is 3.46. The molecule has 1 aliphatic rings. The fourth-order valence-corrected chi connectivity index (χ4v) is 2.54. The van der Waals surface area contributed by atoms with E-state index < -0.39 is 0 Å². The van der Waals surface area contributed by atoms with Gasteiger partial charge in [0.25, 0.3) is 0 Å². The second-order valence-corrected chi connectivity index (χ2v) is 4.19. The summed E-state index contributed by atoms with van der Waals surface area (Å²) in [7, 11) is 0. The molecule has 0 bridgehead atoms. The van der Waals surface area contributed by atoms with Gasteiger partial charge in [-0.05, 0) is 0 Å². The van der Waals surface area contributed by atoms with Gasteiger partial charge in [-0.15, -0.1) is 0 Å². The van der Waals surface area contributed by atoms with Crippen molar-refractivity contribution < 1.29 is 0 Å². The van der Waals surface area contributed by atoms with Crippen molar-refractivity contribution in [1.82, 2.24) is 0 Å². The molecule has 1 heterocycles. The van der Waals surface area contributed by atoms with Crippen LogP contribution < -0.4 is 4.46 Å². The standard InChI is InChI=1S/C8H7NSe/c1-2-4-8-7(3-1)5-9-6-10-8/h1-5H,6H2. The van der Waals surface area contributed by atoms with Gasteiger partial charge in [0.05, 0.1) is 0 Å². The first kappa shape index (κ1) is 6.14. The molecule has 1 nitrogen and oxygen atoms in total. The average molecular weight is 196 g/mol. The van der Waals surface area contributed by atoms with Crippen LogP contribution in [0.15, 0.2) is 29.3 Å². The Bertz CT molecular complexity index is 268. The first-order chi connectivity index (χ1) is 4.97. The van der Waals surface area contributed by atoms with Crippen LogP contribution in [0.25, 0.3) is 0 Å². The van der Waals surface area contributed by atoms with Crippen LogP contribution in [0.5, 0.6) is 0 Å². The summed E-state index contributed by atoms with van der Waals surface area (Å²) in [5, 5.41) is 0. The predicted octanol–water partition coefficient (Wildman–Crippen LogP) is 0.406. The van der Waals surface area contributed by atoms with Crippen LogP contribution in [-0.2, 0) is 0 Å². The minimum atomic E-state index is 0.589. The molecule has 1 aromatic rings. The van der Waals surface area contributed by atoms with Crippen molar-refractivity contribution >= 4 is 25.6 Å². The minimum absolute atomic E-state index is 0.589. The zero-order valence-corrected chi connectivity index (χ0v) is 7.16. The molecule has 0 fully saturated rings. The molecule has 1 aromatic carbocycles. The zero-order chi connectivity index (χ0) is 6.81. The molecule has 0 saturated carbocycles. The van der Waals surface area contributed by atoms with E-state index in [2.05, 4.69) is 29.3 Å². The average Bonchev–Trinajstić information content (AvgIpc) is 2.05. The Kier molecular flexibility index (Phi) is 1.58. The Morgan fingerprint density at radius 2 is 2.20 bits per heavy atom. The molecule has 0 radical (unpaired) electrons. The van der Waals surface area contributed by atoms with Crippen molar-refractivity contribution in [3.63, 3.8) is 0 Å². The summed E-state index contributed by atoms with van der Waals surface area (Å²) in [5.74, 6) is 0. The van der Waals surface area contributed by atoms with E-state index in [0.29, 0.717) is 15.0 Å². The van der Waals surface area contributed by atoms with Crippen LogP contribution in [-0.4, -0.2) is 26.6 Å². The molecule has 0 saturated heterocycles. The second kappa shape index (κ2) is 2.57. The number of aliphatic imine (C=N–C) groups is 1. The van der Waals surface area contributed by atoms with Gasteiger partial charge in [-0.25, -0.2) is 0 Å². The van der Waals surface area contributed by atoms with Crippen LogP contribution in [0.2, 0.25) is 0 Å². The third kappa shape index (κ3) is 1.00. The van der Waals surface area contributed by atoms with Crippen LogP contribution in [0, 0.1) is 0 Å². The number of rotatable bonds is 0. The van der Waals surface area contributed by atoms with Crippen molar-refractivity contribution in [3.8, 4) is 0 Å². The summed E-state index contributed by atoms with van der Waals surface area (Å²) in [6.45, 7) is 0. The molecule has 0 aromatic heterocycles. The van der Waals surface area contributed by atoms with Gasteiger partial charge in [-0.3, -0.25) is 0 Å². The number of hydrogen-bond acceptors (Lipinski definition) is 1. The molecule has 50 valence electrons. The van der Waals surface area contributed by atoms with E-state index >= 15 is 0 Å². The first-order valence-electron chi connectivity index (χ1n) is 3.18. The number of hydrogen-bond donors (Lipinski definition) is 0. The topological polar surface area (TPSA) is 12.4 Å². The Morgan fingerprint density at radius 1 is 1.30 bits per heavy atom. The fourth-order valence-electron chi connectivity index (χ4n) is 0.961. The van der Waals surface area contributed by atoms with E-state index in [4.69, 9.17) is 0 Å². The summed E-state index contributed by atoms with van der Waals surface area (Å²) in [4.78, 5) is 4.22. The molecule has 0 N–H and O–H groups in total. The van der Waals surface area contributed by atoms with Gasteiger partial charge in [0.2, 0.25) is 0 Å². The maximum absolute atomic E-state index is 4.22. The number of fused-ring (bicyclic) bond motifs is 1. The Hall–Kier alpha value is -0.591. The molecular formula is C8H7NSe. The van der Waals surface area contributed by atoms with Gasteiger partial charge in [0, 0.05) is 0 Å². The molecule has 0 unspecified atom stereocenters. The Balaban J connectivity index is 2.54. The van der Waals surface area contributed by atoms with Gasteiger partial charge in [-0.2, -0.15) is 0 Å². The quantitative estimate of drug-likeness (QED) is 0.533. The zero-order valence-electron chi connectivity index (χ0n) is 5.45. The van der Waals surface area contributed by atoms with E-state index in [0.717, 1.165) is 5.44 Å². The monoisotopic (exact) mass is 197 g/mol. The third-order valence-electron chi connectivity index (χ3n) is 1.44. The molecule has 0 atom stereocenters. The van der Waals surface area contributed by atoms with Gasteiger partial charge >= 0.3 is 65.9 Å². The molecule has 0 spiro atoms. The van der Waals surface area contributed by atoms with Crippen molar-refractivity contribution in [2.45, 2.75) is 0 Å². The summed E-state index contributed by atoms with van der Waals surface area (Å²) in [5.41, 5.74) is 2.33. The summed E-state index contributed by atoms with van der Waals surface area (Å²) < 4.78 is 1.49. The molecule has 10 heavy (non-hydrogen) atoms. The van der Waals surface area contributed by atoms with Gasteiger partial charge < -0.3 is 0 Å². The van der Waals surface area contributed by atoms with E-state index in [1.807, 2.05) is 6.21 Å². The van der Waals surface area contributed by atoms with Crippen LogP contribution in [0.4, 0.5) is 0 Å². The van der Waals surface area contributed by atoms with Gasteiger partial charge in [0.15, 0.2) is 0 Å². The number of benzene rings is 1. The fraction of sp³-hybridized carbons (Fsp3) is 0.125. The summed E-state index contributed by atoms with van der Waals surface area (Å²) in [6.07, 6.45) is 1.97. The van der Waals surface area contributed by atoms with Gasteiger partial charge in [-0.1, -0.05) is 0 Å². The number of nitrogens with zero attached hydrogens (tertiary/aromatic N) is 1. The molecule has 0 amide bonds. The molecule has 2 heteroatoms. The maximum atomic E-state index is 4.22. The van der Waals surface area contributed by atoms with Crippen LogP contribution in [0.3, 0.4) is 0 Å². The van der Waals surface area contributed by atoms with E-state index in [1.54, 1.807) is 0 Å². The van der Waals surface area contributed by atoms with Crippen LogP contribution >= 0.6 is 0 Å². The van der Waals surface area contributed by atoms with E-state index in [-0.39, 0.29) is 0 Å². The summed E-state index contributed by atoms with van der Waals surface area (Å²) in [6, 6.07) is 8.48. The molecule has 1 aliphatic heterocycles. The van der Waals surface area contributed by atoms with Crippen molar-refractivity contribution in [2.75, 3.05) is 5.44 Å². The Labute approximate surface area is 66.3 Å². The molecule has 0 aliphatic carbocycles. The van der Waals surface area contributed by atoms with E-state index in [1.165, 1.54) is 10.0 Å². The summed E-state index contributed by atoms with van der Waals surface area (Å²) >= 11 is 0.589. The van der Waals surface area contributed by atoms with Crippen LogP contribution in [0.1, 0.15) is 5.56 Å². The normalized spacial score (nSPS) is 14.8. The molecule has 2 rings (SSSR count). The van der Waals surface area contributed by atoms with Gasteiger partial charge in [0.1, 0.15) is 0 Å². The SMILES string of the molecule is C1=NC[Se]c2ccccc21. The second-order valence-electron chi connectivity index (χ2n) is 2.12. The predicted molar refractivity (Wildman–Crippen MR) is 44.3 cm³/mol. The van der Waals surface area contributed by atoms with Crippen molar-refractivity contribution in [3.05, 3.63) is 29.8 Å². The Morgan fingerprint density at radius 3 is 3.10 bits per heavy atom. The molecular weight excluding hydrogens is 189 g/mol.